The molecule has 1 unspecified atom stereocenters. The van der Waals surface area contributed by atoms with Crippen LogP contribution in [0.15, 0.2) is 224 Å². The highest BCUT2D eigenvalue weighted by Gasteiger charge is 2.46. The van der Waals surface area contributed by atoms with Gasteiger partial charge in [0.05, 0.1) is 5.41 Å². The average Bonchev–Trinajstić information content (AvgIpc) is 3.65. The first-order valence-electron chi connectivity index (χ1n) is 23.4. The molecule has 1 atom stereocenters. The smallest absolute Gasteiger partial charge is 0.119 e. The maximum Gasteiger partial charge on any atom is 0.119 e. The fraction of sp³-hybridized carbons (Fsp3) is 0.156. The summed E-state index contributed by atoms with van der Waals surface area (Å²) in [6.45, 7) is 12.0. The van der Waals surface area contributed by atoms with Gasteiger partial charge in [0, 0.05) is 17.1 Å². The van der Waals surface area contributed by atoms with Crippen molar-refractivity contribution < 1.29 is 4.74 Å². The van der Waals surface area contributed by atoms with Crippen molar-refractivity contribution in [3.8, 4) is 39.1 Å². The second-order valence-corrected chi connectivity index (χ2v) is 19.0. The Balaban J connectivity index is 1.07. The van der Waals surface area contributed by atoms with Gasteiger partial charge in [0.2, 0.25) is 0 Å². The van der Waals surface area contributed by atoms with Gasteiger partial charge in [-0.1, -0.05) is 209 Å². The number of ether oxygens (including phenoxy) is 1. The predicted octanol–water partition coefficient (Wildman–Crippen LogP) is 17.1. The fourth-order valence-electron chi connectivity index (χ4n) is 10.5. The number of hydrogen-bond donors (Lipinski definition) is 0. The third-order valence-electron chi connectivity index (χ3n) is 13.6. The highest BCUT2D eigenvalue weighted by Crippen LogP contribution is 2.57. The van der Waals surface area contributed by atoms with Gasteiger partial charge in [-0.05, 0) is 140 Å². The van der Waals surface area contributed by atoms with Crippen LogP contribution in [0.5, 0.6) is 5.75 Å². The van der Waals surface area contributed by atoms with Crippen LogP contribution in [-0.2, 0) is 17.4 Å². The SMILES string of the molecule is Cc1ccc(C2(c3ccc(OCc4ccc(C(C)(C)CC(C)C)cc4)cc3)c3ccccc3-c3ccc(N(c4ccc(-c5ccccc5)cc4)c4ccc(-c5ccccc5)cc4)cc32)cc1. The predicted molar refractivity (Wildman–Crippen MR) is 277 cm³/mol. The molecule has 2 nitrogen and oxygen atoms in total. The van der Waals surface area contributed by atoms with Crippen molar-refractivity contribution in [3.63, 3.8) is 0 Å². The minimum absolute atomic E-state index is 0.135. The summed E-state index contributed by atoms with van der Waals surface area (Å²) >= 11 is 0. The van der Waals surface area contributed by atoms with Crippen LogP contribution in [0.2, 0.25) is 0 Å². The van der Waals surface area contributed by atoms with Crippen molar-refractivity contribution in [1.82, 2.24) is 0 Å². The Morgan fingerprint density at radius 2 is 0.955 bits per heavy atom. The Morgan fingerprint density at radius 3 is 1.52 bits per heavy atom. The van der Waals surface area contributed by atoms with Gasteiger partial charge < -0.3 is 9.64 Å². The highest BCUT2D eigenvalue weighted by atomic mass is 16.5. The Hall–Kier alpha value is -7.42. The van der Waals surface area contributed by atoms with E-state index in [4.69, 9.17) is 4.74 Å². The maximum atomic E-state index is 6.51. The molecule has 1 aliphatic carbocycles. The molecule has 0 saturated carbocycles. The van der Waals surface area contributed by atoms with Crippen LogP contribution in [0.4, 0.5) is 17.1 Å². The first kappa shape index (κ1) is 42.5. The van der Waals surface area contributed by atoms with E-state index in [-0.39, 0.29) is 5.41 Å². The molecule has 0 heterocycles. The molecule has 0 amide bonds. The first-order chi connectivity index (χ1) is 32.2. The second-order valence-electron chi connectivity index (χ2n) is 19.0. The monoisotopic (exact) mass is 855 g/mol. The highest BCUT2D eigenvalue weighted by molar-refractivity contribution is 5.90. The minimum Gasteiger partial charge on any atom is -0.489 e. The van der Waals surface area contributed by atoms with E-state index in [0.29, 0.717) is 12.5 Å². The van der Waals surface area contributed by atoms with E-state index in [1.807, 2.05) is 0 Å². The van der Waals surface area contributed by atoms with Crippen molar-refractivity contribution in [1.29, 1.82) is 0 Å². The maximum absolute atomic E-state index is 6.51. The summed E-state index contributed by atoms with van der Waals surface area (Å²) in [5.74, 6) is 1.50. The molecule has 0 N–H and O–H groups in total. The van der Waals surface area contributed by atoms with Gasteiger partial charge in [0.1, 0.15) is 12.4 Å². The van der Waals surface area contributed by atoms with Gasteiger partial charge in [0.15, 0.2) is 0 Å². The molecule has 0 saturated heterocycles. The number of rotatable bonds is 13. The lowest BCUT2D eigenvalue weighted by atomic mass is 9.67. The molecule has 10 rings (SSSR count). The Kier molecular flexibility index (Phi) is 11.5. The first-order valence-corrected chi connectivity index (χ1v) is 23.4. The van der Waals surface area contributed by atoms with Crippen molar-refractivity contribution in [2.45, 2.75) is 58.5 Å². The number of hydrogen-bond acceptors (Lipinski definition) is 2. The van der Waals surface area contributed by atoms with Gasteiger partial charge in [-0.3, -0.25) is 0 Å². The lowest BCUT2D eigenvalue weighted by Crippen LogP contribution is -2.28. The fourth-order valence-corrected chi connectivity index (χ4v) is 10.5. The van der Waals surface area contributed by atoms with Gasteiger partial charge >= 0.3 is 0 Å². The molecular formula is C64H57NO. The second kappa shape index (κ2) is 17.9. The summed E-state index contributed by atoms with van der Waals surface area (Å²) in [7, 11) is 0. The van der Waals surface area contributed by atoms with Crippen LogP contribution >= 0.6 is 0 Å². The summed E-state index contributed by atoms with van der Waals surface area (Å²) < 4.78 is 6.51. The normalized spacial score (nSPS) is 14.2. The van der Waals surface area contributed by atoms with E-state index in [0.717, 1.165) is 29.2 Å². The quantitative estimate of drug-likeness (QED) is 0.115. The number of nitrogens with zero attached hydrogens (tertiary/aromatic N) is 1. The Bertz CT molecular complexity index is 2980. The molecule has 0 aliphatic heterocycles. The summed E-state index contributed by atoms with van der Waals surface area (Å²) in [5.41, 5.74) is 18.8. The Labute approximate surface area is 391 Å². The van der Waals surface area contributed by atoms with E-state index in [2.05, 4.69) is 264 Å². The average molecular weight is 856 g/mol. The molecule has 2 heteroatoms. The molecule has 0 bridgehead atoms. The van der Waals surface area contributed by atoms with Crippen molar-refractivity contribution in [2.24, 2.45) is 5.92 Å². The van der Waals surface area contributed by atoms with Crippen molar-refractivity contribution in [3.05, 3.63) is 263 Å². The summed E-state index contributed by atoms with van der Waals surface area (Å²) in [6, 6.07) is 82.3. The van der Waals surface area contributed by atoms with E-state index < -0.39 is 5.41 Å². The number of benzene rings is 9. The molecular weight excluding hydrogens is 799 g/mol. The standard InChI is InChI=1S/C64H57NO/c1-45(2)43-63(4,5)52-30-22-47(23-31-52)44-66-58-39-32-54(33-40-58)64(53-28-20-46(3)21-29-53)61-19-13-12-18-59(61)60-41-38-57(42-62(60)64)65(55-34-24-50(25-35-55)48-14-8-6-9-15-48)56-36-26-51(27-37-56)49-16-10-7-11-17-49/h6-42,45H,43-44H2,1-5H3. The van der Waals surface area contributed by atoms with Crippen LogP contribution in [0.3, 0.4) is 0 Å². The van der Waals surface area contributed by atoms with Gasteiger partial charge in [-0.15, -0.1) is 0 Å². The van der Waals surface area contributed by atoms with Crippen molar-refractivity contribution in [2.75, 3.05) is 4.90 Å². The van der Waals surface area contributed by atoms with E-state index in [9.17, 15) is 0 Å². The van der Waals surface area contributed by atoms with Crippen LogP contribution in [0.25, 0.3) is 33.4 Å². The summed E-state index contributed by atoms with van der Waals surface area (Å²) in [5, 5.41) is 0. The lowest BCUT2D eigenvalue weighted by molar-refractivity contribution is 0.306. The molecule has 66 heavy (non-hydrogen) atoms. The summed E-state index contributed by atoms with van der Waals surface area (Å²) in [4.78, 5) is 2.40. The molecule has 324 valence electrons. The topological polar surface area (TPSA) is 12.5 Å². The largest absolute Gasteiger partial charge is 0.489 e. The number of aryl methyl sites for hydroxylation is 1. The van der Waals surface area contributed by atoms with E-state index >= 15 is 0 Å². The van der Waals surface area contributed by atoms with Gasteiger partial charge in [-0.25, -0.2) is 0 Å². The lowest BCUT2D eigenvalue weighted by Gasteiger charge is -2.35. The van der Waals surface area contributed by atoms with E-state index in [1.54, 1.807) is 0 Å². The third kappa shape index (κ3) is 8.13. The molecule has 0 fully saturated rings. The molecule has 1 aliphatic rings. The van der Waals surface area contributed by atoms with Gasteiger partial charge in [-0.2, -0.15) is 0 Å². The zero-order chi connectivity index (χ0) is 45.3. The molecule has 9 aromatic carbocycles. The van der Waals surface area contributed by atoms with Gasteiger partial charge in [0.25, 0.3) is 0 Å². The van der Waals surface area contributed by atoms with E-state index in [1.165, 1.54) is 72.3 Å². The van der Waals surface area contributed by atoms with Crippen LogP contribution in [0, 0.1) is 12.8 Å². The molecule has 0 radical (unpaired) electrons. The minimum atomic E-state index is -0.590. The van der Waals surface area contributed by atoms with Crippen LogP contribution < -0.4 is 9.64 Å². The molecule has 0 aromatic heterocycles. The zero-order valence-electron chi connectivity index (χ0n) is 38.7. The number of anilines is 3. The molecule has 9 aromatic rings. The van der Waals surface area contributed by atoms with Crippen LogP contribution in [0.1, 0.15) is 73.1 Å². The van der Waals surface area contributed by atoms with Crippen LogP contribution in [-0.4, -0.2) is 0 Å². The Morgan fingerprint density at radius 1 is 0.470 bits per heavy atom. The zero-order valence-corrected chi connectivity index (χ0v) is 38.7. The molecule has 0 spiro atoms. The third-order valence-corrected chi connectivity index (χ3v) is 13.6. The van der Waals surface area contributed by atoms with Crippen molar-refractivity contribution >= 4 is 17.1 Å². The summed E-state index contributed by atoms with van der Waals surface area (Å²) in [6.07, 6.45) is 1.15. The number of fused-ring (bicyclic) bond motifs is 3.